The van der Waals surface area contributed by atoms with E-state index in [1.807, 2.05) is 0 Å². The fourth-order valence-corrected chi connectivity index (χ4v) is 1.60. The lowest BCUT2D eigenvalue weighted by atomic mass is 10.1. The van der Waals surface area contributed by atoms with E-state index in [-0.39, 0.29) is 6.10 Å². The highest BCUT2D eigenvalue weighted by Gasteiger charge is 1.97. The van der Waals surface area contributed by atoms with Gasteiger partial charge in [0.1, 0.15) is 0 Å². The van der Waals surface area contributed by atoms with Gasteiger partial charge in [0, 0.05) is 13.1 Å². The van der Waals surface area contributed by atoms with Crippen LogP contribution in [0.5, 0.6) is 0 Å². The summed E-state index contributed by atoms with van der Waals surface area (Å²) in [4.78, 5) is 0. The number of aliphatic hydroxyl groups excluding tert-OH is 1. The molecule has 78 valence electrons. The van der Waals surface area contributed by atoms with Gasteiger partial charge in [-0.1, -0.05) is 29.3 Å². The number of hydrogen-bond donors (Lipinski definition) is 2. The van der Waals surface area contributed by atoms with Gasteiger partial charge < -0.3 is 10.4 Å². The molecule has 2 N–H and O–H groups in total. The van der Waals surface area contributed by atoms with E-state index >= 15 is 0 Å². The summed E-state index contributed by atoms with van der Waals surface area (Å²) < 4.78 is 0. The molecule has 1 aromatic carbocycles. The van der Waals surface area contributed by atoms with Crippen molar-refractivity contribution in [2.24, 2.45) is 0 Å². The van der Waals surface area contributed by atoms with Crippen LogP contribution in [0.3, 0.4) is 0 Å². The van der Waals surface area contributed by atoms with Crippen molar-refractivity contribution in [2.45, 2.75) is 33.4 Å². The van der Waals surface area contributed by atoms with Crippen LogP contribution in [-0.4, -0.2) is 17.8 Å². The molecular formula is C12H19NO. The quantitative estimate of drug-likeness (QED) is 0.764. The zero-order chi connectivity index (χ0) is 10.6. The van der Waals surface area contributed by atoms with Crippen LogP contribution in [0.15, 0.2) is 18.2 Å². The highest BCUT2D eigenvalue weighted by Crippen LogP contribution is 2.08. The smallest absolute Gasteiger partial charge is 0.0636 e. The van der Waals surface area contributed by atoms with Crippen molar-refractivity contribution in [3.05, 3.63) is 34.9 Å². The Morgan fingerprint density at radius 1 is 1.21 bits per heavy atom. The second-order valence-electron chi connectivity index (χ2n) is 3.98. The van der Waals surface area contributed by atoms with Gasteiger partial charge in [0.05, 0.1) is 6.10 Å². The Hall–Kier alpha value is -0.860. The standard InChI is InChI=1S/C12H19NO/c1-9-4-10(2)6-12(5-9)8-13-7-11(3)14/h4-6,11,13-14H,7-8H2,1-3H3/t11-/m0/s1. The average Bonchev–Trinajstić information content (AvgIpc) is 2.01. The predicted octanol–water partition coefficient (Wildman–Crippen LogP) is 1.77. The van der Waals surface area contributed by atoms with Gasteiger partial charge in [-0.3, -0.25) is 0 Å². The third-order valence-electron chi connectivity index (χ3n) is 2.05. The van der Waals surface area contributed by atoms with E-state index in [0.717, 1.165) is 6.54 Å². The maximum Gasteiger partial charge on any atom is 0.0636 e. The Balaban J connectivity index is 2.50. The molecule has 0 heterocycles. The van der Waals surface area contributed by atoms with Crippen LogP contribution in [0.2, 0.25) is 0 Å². The minimum atomic E-state index is -0.277. The van der Waals surface area contributed by atoms with Crippen LogP contribution in [0, 0.1) is 13.8 Å². The molecule has 0 fully saturated rings. The molecule has 1 atom stereocenters. The van der Waals surface area contributed by atoms with Crippen LogP contribution < -0.4 is 5.32 Å². The van der Waals surface area contributed by atoms with Gasteiger partial charge in [0.15, 0.2) is 0 Å². The molecule has 2 nitrogen and oxygen atoms in total. The maximum absolute atomic E-state index is 9.08. The van der Waals surface area contributed by atoms with Crippen molar-refractivity contribution in [2.75, 3.05) is 6.54 Å². The van der Waals surface area contributed by atoms with Crippen molar-refractivity contribution in [1.29, 1.82) is 0 Å². The predicted molar refractivity (Wildman–Crippen MR) is 59.3 cm³/mol. The van der Waals surface area contributed by atoms with Gasteiger partial charge >= 0.3 is 0 Å². The zero-order valence-corrected chi connectivity index (χ0v) is 9.17. The van der Waals surface area contributed by atoms with Crippen LogP contribution in [0.25, 0.3) is 0 Å². The highest BCUT2D eigenvalue weighted by atomic mass is 16.3. The van der Waals surface area contributed by atoms with Gasteiger partial charge in [-0.2, -0.15) is 0 Å². The fourth-order valence-electron chi connectivity index (χ4n) is 1.60. The number of aryl methyl sites for hydroxylation is 2. The van der Waals surface area contributed by atoms with Crippen molar-refractivity contribution in [3.8, 4) is 0 Å². The first kappa shape index (κ1) is 11.2. The molecule has 0 spiro atoms. The Labute approximate surface area is 86.0 Å². The molecule has 1 rings (SSSR count). The summed E-state index contributed by atoms with van der Waals surface area (Å²) in [6.45, 7) is 7.46. The van der Waals surface area contributed by atoms with Crippen molar-refractivity contribution in [3.63, 3.8) is 0 Å². The molecule has 0 unspecified atom stereocenters. The monoisotopic (exact) mass is 193 g/mol. The molecule has 0 aliphatic heterocycles. The van der Waals surface area contributed by atoms with Crippen molar-refractivity contribution in [1.82, 2.24) is 5.32 Å². The van der Waals surface area contributed by atoms with Crippen molar-refractivity contribution < 1.29 is 5.11 Å². The summed E-state index contributed by atoms with van der Waals surface area (Å²) in [5.41, 5.74) is 3.86. The van der Waals surface area contributed by atoms with Crippen molar-refractivity contribution >= 4 is 0 Å². The zero-order valence-electron chi connectivity index (χ0n) is 9.17. The van der Waals surface area contributed by atoms with E-state index in [1.165, 1.54) is 16.7 Å². The van der Waals surface area contributed by atoms with Gasteiger partial charge in [-0.15, -0.1) is 0 Å². The molecule has 1 aromatic rings. The van der Waals surface area contributed by atoms with E-state index in [4.69, 9.17) is 5.11 Å². The number of aliphatic hydroxyl groups is 1. The molecule has 0 amide bonds. The number of rotatable bonds is 4. The molecular weight excluding hydrogens is 174 g/mol. The SMILES string of the molecule is Cc1cc(C)cc(CNC[C@H](C)O)c1. The van der Waals surface area contributed by atoms with Gasteiger partial charge in [-0.05, 0) is 26.3 Å². The lowest BCUT2D eigenvalue weighted by Crippen LogP contribution is -2.23. The second-order valence-corrected chi connectivity index (χ2v) is 3.98. The van der Waals surface area contributed by atoms with Crippen LogP contribution >= 0.6 is 0 Å². The third kappa shape index (κ3) is 3.90. The van der Waals surface area contributed by atoms with E-state index in [0.29, 0.717) is 6.54 Å². The first-order valence-corrected chi connectivity index (χ1v) is 5.04. The van der Waals surface area contributed by atoms with E-state index in [2.05, 4.69) is 37.4 Å². The fraction of sp³-hybridized carbons (Fsp3) is 0.500. The lowest BCUT2D eigenvalue weighted by Gasteiger charge is -2.08. The minimum Gasteiger partial charge on any atom is -0.392 e. The number of benzene rings is 1. The van der Waals surface area contributed by atoms with Crippen LogP contribution in [0.1, 0.15) is 23.6 Å². The normalized spacial score (nSPS) is 12.9. The Kier molecular flexibility index (Phi) is 4.11. The molecule has 0 saturated heterocycles. The summed E-state index contributed by atoms with van der Waals surface area (Å²) >= 11 is 0. The summed E-state index contributed by atoms with van der Waals surface area (Å²) in [5, 5.41) is 12.3. The summed E-state index contributed by atoms with van der Waals surface area (Å²) in [5.74, 6) is 0. The molecule has 2 heteroatoms. The average molecular weight is 193 g/mol. The van der Waals surface area contributed by atoms with Gasteiger partial charge in [0.25, 0.3) is 0 Å². The molecule has 0 bridgehead atoms. The van der Waals surface area contributed by atoms with E-state index in [1.54, 1.807) is 6.92 Å². The Morgan fingerprint density at radius 2 is 1.79 bits per heavy atom. The maximum atomic E-state index is 9.08. The summed E-state index contributed by atoms with van der Waals surface area (Å²) in [6, 6.07) is 6.50. The van der Waals surface area contributed by atoms with E-state index in [9.17, 15) is 0 Å². The van der Waals surface area contributed by atoms with Gasteiger partial charge in [-0.25, -0.2) is 0 Å². The second kappa shape index (κ2) is 5.13. The molecule has 0 aromatic heterocycles. The molecule has 0 aliphatic carbocycles. The first-order chi connectivity index (χ1) is 6.58. The topological polar surface area (TPSA) is 32.3 Å². The lowest BCUT2D eigenvalue weighted by molar-refractivity contribution is 0.191. The van der Waals surface area contributed by atoms with E-state index < -0.39 is 0 Å². The molecule has 14 heavy (non-hydrogen) atoms. The first-order valence-electron chi connectivity index (χ1n) is 5.04. The highest BCUT2D eigenvalue weighted by molar-refractivity contribution is 5.28. The number of nitrogens with one attached hydrogen (secondary N) is 1. The summed E-state index contributed by atoms with van der Waals surface area (Å²) in [6.07, 6.45) is -0.277. The molecule has 0 saturated carbocycles. The minimum absolute atomic E-state index is 0.277. The number of hydrogen-bond acceptors (Lipinski definition) is 2. The molecule has 0 aliphatic rings. The largest absolute Gasteiger partial charge is 0.392 e. The summed E-state index contributed by atoms with van der Waals surface area (Å²) in [7, 11) is 0. The van der Waals surface area contributed by atoms with Crippen LogP contribution in [0.4, 0.5) is 0 Å². The van der Waals surface area contributed by atoms with Gasteiger partial charge in [0.2, 0.25) is 0 Å². The van der Waals surface area contributed by atoms with Crippen LogP contribution in [-0.2, 0) is 6.54 Å². The Morgan fingerprint density at radius 3 is 2.29 bits per heavy atom. The Bertz CT molecular complexity index is 274. The third-order valence-corrected chi connectivity index (χ3v) is 2.05. The molecule has 0 radical (unpaired) electrons.